The second-order valence-corrected chi connectivity index (χ2v) is 23.4. The van der Waals surface area contributed by atoms with E-state index in [1.54, 1.807) is 0 Å². The van der Waals surface area contributed by atoms with Gasteiger partial charge in [0.25, 0.3) is 0 Å². The van der Waals surface area contributed by atoms with Crippen LogP contribution in [0.15, 0.2) is 109 Å². The minimum atomic E-state index is -0.787. The molecule has 1 unspecified atom stereocenters. The zero-order valence-electron chi connectivity index (χ0n) is 54.7. The topological polar surface area (TPSA) is 78.9 Å². The van der Waals surface area contributed by atoms with Crippen molar-refractivity contribution >= 4 is 17.9 Å². The maximum atomic E-state index is 12.9. The van der Waals surface area contributed by atoms with Gasteiger partial charge in [-0.2, -0.15) is 0 Å². The summed E-state index contributed by atoms with van der Waals surface area (Å²) >= 11 is 0. The van der Waals surface area contributed by atoms with Crippen LogP contribution in [0, 0.1) is 0 Å². The highest BCUT2D eigenvalue weighted by Gasteiger charge is 2.19. The Morgan fingerprint density at radius 3 is 0.735 bits per heavy atom. The van der Waals surface area contributed by atoms with Gasteiger partial charge < -0.3 is 14.2 Å². The molecule has 0 spiro atoms. The van der Waals surface area contributed by atoms with Gasteiger partial charge in [-0.1, -0.05) is 323 Å². The summed E-state index contributed by atoms with van der Waals surface area (Å²) in [5.74, 6) is -0.898. The molecule has 0 aliphatic rings. The molecule has 0 rings (SSSR count). The molecule has 0 amide bonds. The SMILES string of the molecule is CC/C=C\C/C=C\C/C=C\C/C=C\C/C=C\C/C=C\C/C=C\CCCCCCCC(=O)OC(COC(=O)CCCCCCCCC)COC(=O)CCCCCCCCCCCCCCCCCCCCC/C=C\C/C=C\CCCCCCC. The van der Waals surface area contributed by atoms with Crippen LogP contribution in [0.5, 0.6) is 0 Å². The molecule has 0 saturated heterocycles. The fourth-order valence-corrected chi connectivity index (χ4v) is 9.99. The fourth-order valence-electron chi connectivity index (χ4n) is 9.99. The van der Waals surface area contributed by atoms with E-state index in [1.165, 1.54) is 173 Å². The maximum absolute atomic E-state index is 12.9. The molecule has 0 saturated carbocycles. The lowest BCUT2D eigenvalue weighted by atomic mass is 10.0. The predicted molar refractivity (Wildman–Crippen MR) is 362 cm³/mol. The highest BCUT2D eigenvalue weighted by atomic mass is 16.6. The molecule has 0 N–H and O–H groups in total. The molecule has 1 atom stereocenters. The molecule has 0 aliphatic heterocycles. The van der Waals surface area contributed by atoms with E-state index >= 15 is 0 Å². The van der Waals surface area contributed by atoms with E-state index in [2.05, 4.69) is 130 Å². The summed E-state index contributed by atoms with van der Waals surface area (Å²) in [5, 5.41) is 0. The van der Waals surface area contributed by atoms with Crippen LogP contribution in [0.3, 0.4) is 0 Å². The number of hydrogen-bond donors (Lipinski definition) is 0. The highest BCUT2D eigenvalue weighted by molar-refractivity contribution is 5.71. The third kappa shape index (κ3) is 68.7. The first kappa shape index (κ1) is 79.1. The molecule has 0 radical (unpaired) electrons. The van der Waals surface area contributed by atoms with Gasteiger partial charge >= 0.3 is 17.9 Å². The molecule has 0 aromatic rings. The number of hydrogen-bond acceptors (Lipinski definition) is 6. The third-order valence-electron chi connectivity index (χ3n) is 15.3. The average Bonchev–Trinajstić information content (AvgIpc) is 3.49. The summed E-state index contributed by atoms with van der Waals surface area (Å²) in [6.45, 7) is 6.49. The van der Waals surface area contributed by atoms with E-state index in [0.717, 1.165) is 128 Å². The van der Waals surface area contributed by atoms with Gasteiger partial charge in [0.15, 0.2) is 6.10 Å². The molecular formula is C77H132O6. The predicted octanol–water partition coefficient (Wildman–Crippen LogP) is 24.6. The molecule has 6 nitrogen and oxygen atoms in total. The van der Waals surface area contributed by atoms with Crippen molar-refractivity contribution in [1.82, 2.24) is 0 Å². The Kier molecular flexibility index (Phi) is 67.2. The monoisotopic (exact) mass is 1150 g/mol. The molecule has 476 valence electrons. The van der Waals surface area contributed by atoms with Crippen LogP contribution in [0.4, 0.5) is 0 Å². The molecule has 0 aromatic carbocycles. The number of esters is 3. The van der Waals surface area contributed by atoms with Gasteiger partial charge in [-0.3, -0.25) is 14.4 Å². The average molecular weight is 1150 g/mol. The normalized spacial score (nSPS) is 12.8. The molecule has 83 heavy (non-hydrogen) atoms. The molecule has 0 heterocycles. The Morgan fingerprint density at radius 1 is 0.253 bits per heavy atom. The van der Waals surface area contributed by atoms with Crippen LogP contribution in [0.1, 0.15) is 342 Å². The molecule has 0 aromatic heterocycles. The van der Waals surface area contributed by atoms with Crippen molar-refractivity contribution in [3.8, 4) is 0 Å². The minimum Gasteiger partial charge on any atom is -0.462 e. The zero-order valence-corrected chi connectivity index (χ0v) is 54.7. The number of carbonyl (C=O) groups is 3. The first-order valence-corrected chi connectivity index (χ1v) is 35.4. The van der Waals surface area contributed by atoms with Crippen molar-refractivity contribution in [2.45, 2.75) is 348 Å². The zero-order chi connectivity index (χ0) is 59.9. The maximum Gasteiger partial charge on any atom is 0.306 e. The lowest BCUT2D eigenvalue weighted by Crippen LogP contribution is -2.30. The Hall–Kier alpha value is -3.93. The van der Waals surface area contributed by atoms with Gasteiger partial charge in [0.1, 0.15) is 13.2 Å². The van der Waals surface area contributed by atoms with Crippen LogP contribution in [-0.4, -0.2) is 37.2 Å². The van der Waals surface area contributed by atoms with Gasteiger partial charge in [-0.25, -0.2) is 0 Å². The van der Waals surface area contributed by atoms with E-state index in [4.69, 9.17) is 14.2 Å². The van der Waals surface area contributed by atoms with Crippen LogP contribution < -0.4 is 0 Å². The van der Waals surface area contributed by atoms with Crippen LogP contribution in [0.2, 0.25) is 0 Å². The first-order valence-electron chi connectivity index (χ1n) is 35.4. The summed E-state index contributed by atoms with van der Waals surface area (Å²) in [6.07, 6.45) is 97.2. The Labute approximate surface area is 514 Å². The van der Waals surface area contributed by atoms with Crippen molar-refractivity contribution in [2.24, 2.45) is 0 Å². The van der Waals surface area contributed by atoms with Crippen molar-refractivity contribution in [2.75, 3.05) is 13.2 Å². The van der Waals surface area contributed by atoms with Crippen LogP contribution in [-0.2, 0) is 28.6 Å². The number of ether oxygens (including phenoxy) is 3. The highest BCUT2D eigenvalue weighted by Crippen LogP contribution is 2.17. The largest absolute Gasteiger partial charge is 0.462 e. The number of allylic oxidation sites excluding steroid dienone is 18. The van der Waals surface area contributed by atoms with Gasteiger partial charge in [0.05, 0.1) is 0 Å². The second-order valence-electron chi connectivity index (χ2n) is 23.4. The van der Waals surface area contributed by atoms with Crippen LogP contribution in [0.25, 0.3) is 0 Å². The number of rotatable bonds is 64. The Balaban J connectivity index is 4.11. The third-order valence-corrected chi connectivity index (χ3v) is 15.3. The van der Waals surface area contributed by atoms with E-state index in [-0.39, 0.29) is 31.1 Å². The Morgan fingerprint density at radius 2 is 0.470 bits per heavy atom. The van der Waals surface area contributed by atoms with Gasteiger partial charge in [0, 0.05) is 19.3 Å². The lowest BCUT2D eigenvalue weighted by molar-refractivity contribution is -0.167. The summed E-state index contributed by atoms with van der Waals surface area (Å²) in [4.78, 5) is 38.2. The summed E-state index contributed by atoms with van der Waals surface area (Å²) in [7, 11) is 0. The van der Waals surface area contributed by atoms with E-state index < -0.39 is 6.10 Å². The van der Waals surface area contributed by atoms with E-state index in [0.29, 0.717) is 19.3 Å². The van der Waals surface area contributed by atoms with Crippen molar-refractivity contribution < 1.29 is 28.6 Å². The summed E-state index contributed by atoms with van der Waals surface area (Å²) in [6, 6.07) is 0. The molecular weight excluding hydrogens is 1020 g/mol. The molecule has 0 fully saturated rings. The smallest absolute Gasteiger partial charge is 0.306 e. The molecule has 6 heteroatoms. The Bertz CT molecular complexity index is 1660. The second kappa shape index (κ2) is 70.6. The molecule has 0 bridgehead atoms. The minimum absolute atomic E-state index is 0.0836. The van der Waals surface area contributed by atoms with Crippen LogP contribution >= 0.6 is 0 Å². The van der Waals surface area contributed by atoms with Gasteiger partial charge in [-0.05, 0) is 109 Å². The standard InChI is InChI=1S/C77H132O6/c1-4-7-10-13-16-18-20-22-24-26-28-30-32-34-36-37-38-39-41-42-44-46-48-50-52-54-56-58-61-64-67-70-76(79)82-73-74(72-81-75(78)69-66-63-60-15-12-9-6-3)83-77(80)71-68-65-62-59-57-55-53-51-49-47-45-43-40-35-33-31-29-27-25-23-21-19-17-14-11-8-5-2/h8,11,17,19-20,22-23,25-26,28-29,31,35,40,45,47,51,53,74H,4-7,9-10,12-16,18,21,24,27,30,32-34,36-39,41-44,46,48-50,52,54-73H2,1-3H3/b11-8-,19-17-,22-20-,25-23-,28-26-,31-29-,40-35-,47-45-,53-51-. The fraction of sp³-hybridized carbons (Fsp3) is 0.727. The number of unbranched alkanes of at least 4 members (excludes halogenated alkanes) is 35. The lowest BCUT2D eigenvalue weighted by Gasteiger charge is -2.18. The van der Waals surface area contributed by atoms with E-state index in [9.17, 15) is 14.4 Å². The summed E-state index contributed by atoms with van der Waals surface area (Å²) in [5.41, 5.74) is 0. The summed E-state index contributed by atoms with van der Waals surface area (Å²) < 4.78 is 16.9. The molecule has 0 aliphatic carbocycles. The number of carbonyl (C=O) groups excluding carboxylic acids is 3. The van der Waals surface area contributed by atoms with E-state index in [1.807, 2.05) is 0 Å². The van der Waals surface area contributed by atoms with Crippen molar-refractivity contribution in [1.29, 1.82) is 0 Å². The quantitative estimate of drug-likeness (QED) is 0.0261. The van der Waals surface area contributed by atoms with Gasteiger partial charge in [-0.15, -0.1) is 0 Å². The van der Waals surface area contributed by atoms with Gasteiger partial charge in [0.2, 0.25) is 0 Å². The van der Waals surface area contributed by atoms with Crippen molar-refractivity contribution in [3.63, 3.8) is 0 Å². The first-order chi connectivity index (χ1) is 41.0. The van der Waals surface area contributed by atoms with Crippen molar-refractivity contribution in [3.05, 3.63) is 109 Å².